The fraction of sp³-hybridized carbons (Fsp3) is 0.119. The number of hydrogen-bond donors (Lipinski definition) is 0. The molecule has 0 aliphatic heterocycles. The van der Waals surface area contributed by atoms with Crippen LogP contribution in [0.15, 0.2) is 182 Å². The lowest BCUT2D eigenvalue weighted by Gasteiger charge is -2.28. The third-order valence-corrected chi connectivity index (χ3v) is 11.6. The number of benzene rings is 8. The van der Waals surface area contributed by atoms with E-state index in [-0.39, 0.29) is 0 Å². The Bertz CT molecular complexity index is 2810. The molecule has 0 fully saturated rings. The first-order chi connectivity index (χ1) is 29.7. The fourth-order valence-electron chi connectivity index (χ4n) is 8.21. The first-order valence-corrected chi connectivity index (χ1v) is 21.4. The van der Waals surface area contributed by atoms with Crippen LogP contribution in [0.4, 0.5) is 34.1 Å². The highest BCUT2D eigenvalue weighted by Gasteiger charge is 2.17. The van der Waals surface area contributed by atoms with Crippen LogP contribution in [-0.2, 0) is 6.42 Å². The van der Waals surface area contributed by atoms with Crippen molar-refractivity contribution in [2.24, 2.45) is 0 Å². The van der Waals surface area contributed by atoms with Crippen molar-refractivity contribution in [2.45, 2.75) is 48.0 Å². The zero-order valence-corrected chi connectivity index (χ0v) is 36.2. The zero-order valence-electron chi connectivity index (χ0n) is 36.2. The van der Waals surface area contributed by atoms with Gasteiger partial charge in [0.1, 0.15) is 0 Å². The van der Waals surface area contributed by atoms with Crippen LogP contribution in [-0.4, -0.2) is 0 Å². The second-order valence-corrected chi connectivity index (χ2v) is 16.1. The van der Waals surface area contributed by atoms with Gasteiger partial charge in [-0.25, -0.2) is 0 Å². The van der Waals surface area contributed by atoms with Gasteiger partial charge >= 0.3 is 0 Å². The molecule has 8 aromatic rings. The third kappa shape index (κ3) is 9.35. The summed E-state index contributed by atoms with van der Waals surface area (Å²) in [7, 11) is 0. The lowest BCUT2D eigenvalue weighted by atomic mass is 10.0. The van der Waals surface area contributed by atoms with Crippen LogP contribution < -0.4 is 9.80 Å². The molecule has 8 aromatic carbocycles. The predicted octanol–water partition coefficient (Wildman–Crippen LogP) is 16.7. The van der Waals surface area contributed by atoms with Crippen LogP contribution in [0.5, 0.6) is 0 Å². The Morgan fingerprint density at radius 1 is 0.361 bits per heavy atom. The Morgan fingerprint density at radius 2 is 0.754 bits per heavy atom. The van der Waals surface area contributed by atoms with Crippen LogP contribution in [0.25, 0.3) is 35.4 Å². The number of nitrogens with zero attached hydrogens (tertiary/aromatic N) is 2. The van der Waals surface area contributed by atoms with Gasteiger partial charge in [-0.3, -0.25) is 0 Å². The van der Waals surface area contributed by atoms with Crippen molar-refractivity contribution in [3.8, 4) is 11.1 Å². The molecule has 0 aliphatic rings. The molecule has 0 saturated carbocycles. The average molecular weight is 791 g/mol. The van der Waals surface area contributed by atoms with E-state index in [1.54, 1.807) is 0 Å². The minimum Gasteiger partial charge on any atom is -0.310 e. The van der Waals surface area contributed by atoms with E-state index in [9.17, 15) is 0 Å². The highest BCUT2D eigenvalue weighted by atomic mass is 15.1. The molecule has 0 atom stereocenters. The average Bonchev–Trinajstić information content (AvgIpc) is 3.28. The predicted molar refractivity (Wildman–Crippen MR) is 265 cm³/mol. The first-order valence-electron chi connectivity index (χ1n) is 21.4. The third-order valence-electron chi connectivity index (χ3n) is 11.6. The molecule has 8 rings (SSSR count). The summed E-state index contributed by atoms with van der Waals surface area (Å²) < 4.78 is 0. The van der Waals surface area contributed by atoms with Crippen molar-refractivity contribution in [1.29, 1.82) is 0 Å². The summed E-state index contributed by atoms with van der Waals surface area (Å²) in [5.41, 5.74) is 21.6. The number of aryl methyl sites for hydroxylation is 6. The van der Waals surface area contributed by atoms with Gasteiger partial charge in [-0.1, -0.05) is 164 Å². The molecule has 2 heteroatoms. The van der Waals surface area contributed by atoms with Gasteiger partial charge in [0, 0.05) is 34.1 Å². The monoisotopic (exact) mass is 790 g/mol. The molecule has 0 saturated heterocycles. The molecule has 0 aromatic heterocycles. The summed E-state index contributed by atoms with van der Waals surface area (Å²) in [6.07, 6.45) is 9.85. The Kier molecular flexibility index (Phi) is 12.3. The fourth-order valence-corrected chi connectivity index (χ4v) is 8.21. The Labute approximate surface area is 363 Å². The zero-order chi connectivity index (χ0) is 42.3. The molecular formula is C59H54N2. The molecule has 0 unspecified atom stereocenters. The van der Waals surface area contributed by atoms with Crippen molar-refractivity contribution in [1.82, 2.24) is 0 Å². The molecule has 0 spiro atoms. The van der Waals surface area contributed by atoms with Gasteiger partial charge in [-0.2, -0.15) is 0 Å². The molecule has 2 nitrogen and oxygen atoms in total. The van der Waals surface area contributed by atoms with Gasteiger partial charge in [-0.15, -0.1) is 0 Å². The molecule has 0 radical (unpaired) electrons. The molecular weight excluding hydrogens is 737 g/mol. The van der Waals surface area contributed by atoms with Crippen LogP contribution in [0.3, 0.4) is 0 Å². The second-order valence-electron chi connectivity index (χ2n) is 16.1. The largest absolute Gasteiger partial charge is 0.310 e. The van der Waals surface area contributed by atoms with Crippen molar-refractivity contribution in [3.63, 3.8) is 0 Å². The molecule has 61 heavy (non-hydrogen) atoms. The number of rotatable bonds is 12. The Balaban J connectivity index is 1.07. The summed E-state index contributed by atoms with van der Waals surface area (Å²) in [5.74, 6) is 0. The number of anilines is 6. The second kappa shape index (κ2) is 18.4. The molecule has 0 bridgehead atoms. The van der Waals surface area contributed by atoms with E-state index in [1.165, 1.54) is 78.1 Å². The minimum atomic E-state index is 1.02. The van der Waals surface area contributed by atoms with Crippen LogP contribution in [0.1, 0.15) is 62.6 Å². The summed E-state index contributed by atoms with van der Waals surface area (Å²) in [6, 6.07) is 66.2. The molecule has 0 N–H and O–H groups in total. The quantitative estimate of drug-likeness (QED) is 0.114. The van der Waals surface area contributed by atoms with Crippen molar-refractivity contribution in [3.05, 3.63) is 238 Å². The maximum atomic E-state index is 2.37. The van der Waals surface area contributed by atoms with Gasteiger partial charge < -0.3 is 9.80 Å². The van der Waals surface area contributed by atoms with Crippen LogP contribution in [0, 0.1) is 34.6 Å². The molecule has 0 aliphatic carbocycles. The van der Waals surface area contributed by atoms with Gasteiger partial charge in [0.2, 0.25) is 0 Å². The topological polar surface area (TPSA) is 6.48 Å². The Hall–Kier alpha value is -7.16. The van der Waals surface area contributed by atoms with E-state index < -0.39 is 0 Å². The SMILES string of the molecule is CCc1ccccc1C=Cc1ccc(N(c2ccc(-c3ccc(N(c4ccc(C=Cc5ccccc5C)cc4)c4ccc(C)cc4C)cc3)cc2)c2ccc(C)cc2C)cc1. The Morgan fingerprint density at radius 3 is 1.18 bits per heavy atom. The summed E-state index contributed by atoms with van der Waals surface area (Å²) in [4.78, 5) is 4.73. The molecule has 0 amide bonds. The maximum absolute atomic E-state index is 2.37. The van der Waals surface area contributed by atoms with E-state index in [1.807, 2.05) is 0 Å². The van der Waals surface area contributed by atoms with Gasteiger partial charge in [-0.05, 0) is 157 Å². The normalized spacial score (nSPS) is 11.4. The van der Waals surface area contributed by atoms with E-state index in [2.05, 4.69) is 258 Å². The van der Waals surface area contributed by atoms with E-state index in [0.717, 1.165) is 29.2 Å². The van der Waals surface area contributed by atoms with E-state index in [0.29, 0.717) is 0 Å². The molecule has 0 heterocycles. The van der Waals surface area contributed by atoms with Crippen molar-refractivity contribution >= 4 is 58.4 Å². The highest BCUT2D eigenvalue weighted by Crippen LogP contribution is 2.40. The summed E-state index contributed by atoms with van der Waals surface area (Å²) in [6.45, 7) is 13.1. The summed E-state index contributed by atoms with van der Waals surface area (Å²) in [5, 5.41) is 0. The van der Waals surface area contributed by atoms with Crippen molar-refractivity contribution < 1.29 is 0 Å². The number of hydrogen-bond acceptors (Lipinski definition) is 2. The smallest absolute Gasteiger partial charge is 0.0490 e. The first kappa shape index (κ1) is 40.6. The highest BCUT2D eigenvalue weighted by molar-refractivity contribution is 5.83. The van der Waals surface area contributed by atoms with Gasteiger partial charge in [0.15, 0.2) is 0 Å². The lowest BCUT2D eigenvalue weighted by Crippen LogP contribution is -2.11. The maximum Gasteiger partial charge on any atom is 0.0490 e. The van der Waals surface area contributed by atoms with Crippen LogP contribution in [0.2, 0.25) is 0 Å². The van der Waals surface area contributed by atoms with Crippen molar-refractivity contribution in [2.75, 3.05) is 9.80 Å². The lowest BCUT2D eigenvalue weighted by molar-refractivity contribution is 1.13. The minimum absolute atomic E-state index is 1.02. The van der Waals surface area contributed by atoms with Gasteiger partial charge in [0.25, 0.3) is 0 Å². The van der Waals surface area contributed by atoms with E-state index in [4.69, 9.17) is 0 Å². The van der Waals surface area contributed by atoms with E-state index >= 15 is 0 Å². The van der Waals surface area contributed by atoms with Gasteiger partial charge in [0.05, 0.1) is 0 Å². The molecule has 300 valence electrons. The summed E-state index contributed by atoms with van der Waals surface area (Å²) >= 11 is 0. The van der Waals surface area contributed by atoms with Crippen LogP contribution >= 0.6 is 0 Å². The standard InChI is InChI=1S/C59H54N2/c1-7-49-13-10-11-15-51(49)25-19-48-22-32-55(33-23-48)61(59-39-17-43(3)41-46(59)6)57-36-28-53(29-37-57)52-26-34-56(35-27-52)60(58-38-16-42(2)40-45(58)5)54-30-20-47(21-31-54)18-24-50-14-9-8-12-44(50)4/h8-41H,7H2,1-6H3.